The van der Waals surface area contributed by atoms with Crippen LogP contribution in [-0.4, -0.2) is 14.8 Å². The van der Waals surface area contributed by atoms with Crippen molar-refractivity contribution >= 4 is 28.0 Å². The van der Waals surface area contributed by atoms with Gasteiger partial charge in [0.25, 0.3) is 11.4 Å². The van der Waals surface area contributed by atoms with E-state index in [2.05, 4.69) is 10.3 Å². The standard InChI is InChI=1S/C17H14N4O4/c1-11-9-14(13-6-4-8-16(21(24)25)17(13)19-11)18-10-12-5-2-3-7-15(12)20(22)23/h2-9H,10H2,1H3,(H,18,19). The predicted molar refractivity (Wildman–Crippen MR) is 93.6 cm³/mol. The van der Waals surface area contributed by atoms with Gasteiger partial charge in [-0.25, -0.2) is 4.98 Å². The lowest BCUT2D eigenvalue weighted by Gasteiger charge is -2.11. The number of nitro benzene ring substituents is 2. The van der Waals surface area contributed by atoms with Gasteiger partial charge in [0.05, 0.1) is 9.85 Å². The Morgan fingerprint density at radius 1 is 1.00 bits per heavy atom. The zero-order valence-corrected chi connectivity index (χ0v) is 13.3. The third-order valence-corrected chi connectivity index (χ3v) is 3.80. The van der Waals surface area contributed by atoms with Gasteiger partial charge >= 0.3 is 0 Å². The molecule has 8 nitrogen and oxygen atoms in total. The molecule has 0 bridgehead atoms. The number of nitrogens with one attached hydrogen (secondary N) is 1. The van der Waals surface area contributed by atoms with Crippen LogP contribution >= 0.6 is 0 Å². The molecular formula is C17H14N4O4. The summed E-state index contributed by atoms with van der Waals surface area (Å²) in [5.74, 6) is 0. The van der Waals surface area contributed by atoms with Crippen LogP contribution in [0.25, 0.3) is 10.9 Å². The summed E-state index contributed by atoms with van der Waals surface area (Å²) in [5, 5.41) is 26.1. The van der Waals surface area contributed by atoms with Gasteiger partial charge < -0.3 is 5.32 Å². The molecule has 0 unspecified atom stereocenters. The number of non-ortho nitro benzene ring substituents is 1. The number of fused-ring (bicyclic) bond motifs is 1. The molecule has 0 aliphatic rings. The molecule has 0 atom stereocenters. The Labute approximate surface area is 142 Å². The minimum atomic E-state index is -0.472. The number of rotatable bonds is 5. The van der Waals surface area contributed by atoms with E-state index in [0.717, 1.165) is 0 Å². The molecule has 0 spiro atoms. The first-order chi connectivity index (χ1) is 12.0. The highest BCUT2D eigenvalue weighted by atomic mass is 16.6. The number of pyridine rings is 1. The van der Waals surface area contributed by atoms with Crippen LogP contribution in [0.15, 0.2) is 48.5 Å². The molecule has 25 heavy (non-hydrogen) atoms. The molecule has 3 rings (SSSR count). The minimum absolute atomic E-state index is 0.0241. The van der Waals surface area contributed by atoms with Crippen LogP contribution in [-0.2, 0) is 6.54 Å². The number of hydrogen-bond acceptors (Lipinski definition) is 6. The molecule has 3 aromatic rings. The van der Waals surface area contributed by atoms with Crippen LogP contribution in [0, 0.1) is 27.2 Å². The smallest absolute Gasteiger partial charge is 0.295 e. The van der Waals surface area contributed by atoms with Crippen LogP contribution in [0.1, 0.15) is 11.3 Å². The van der Waals surface area contributed by atoms with E-state index in [1.165, 1.54) is 12.1 Å². The zero-order valence-electron chi connectivity index (χ0n) is 13.3. The third kappa shape index (κ3) is 3.23. The van der Waals surface area contributed by atoms with Gasteiger partial charge in [-0.2, -0.15) is 0 Å². The SMILES string of the molecule is Cc1cc(NCc2ccccc2[N+](=O)[O-])c2cccc([N+](=O)[O-])c2n1. The van der Waals surface area contributed by atoms with Gasteiger partial charge in [0, 0.05) is 41.0 Å². The van der Waals surface area contributed by atoms with Gasteiger partial charge in [0.15, 0.2) is 5.52 Å². The first kappa shape index (κ1) is 16.3. The topological polar surface area (TPSA) is 111 Å². The lowest BCUT2D eigenvalue weighted by atomic mass is 10.1. The van der Waals surface area contributed by atoms with Crippen LogP contribution in [0.3, 0.4) is 0 Å². The van der Waals surface area contributed by atoms with E-state index in [4.69, 9.17) is 0 Å². The van der Waals surface area contributed by atoms with Gasteiger partial charge in [0.2, 0.25) is 0 Å². The fourth-order valence-electron chi connectivity index (χ4n) is 2.68. The molecule has 126 valence electrons. The molecule has 0 amide bonds. The summed E-state index contributed by atoms with van der Waals surface area (Å²) >= 11 is 0. The molecule has 1 heterocycles. The van der Waals surface area contributed by atoms with Gasteiger partial charge in [-0.15, -0.1) is 0 Å². The van der Waals surface area contributed by atoms with Gasteiger partial charge in [0.1, 0.15) is 0 Å². The first-order valence-electron chi connectivity index (χ1n) is 7.48. The second-order valence-corrected chi connectivity index (χ2v) is 5.48. The molecule has 0 radical (unpaired) electrons. The van der Waals surface area contributed by atoms with Gasteiger partial charge in [-0.1, -0.05) is 30.3 Å². The Balaban J connectivity index is 2.02. The third-order valence-electron chi connectivity index (χ3n) is 3.80. The highest BCUT2D eigenvalue weighted by Gasteiger charge is 2.17. The quantitative estimate of drug-likeness (QED) is 0.556. The van der Waals surface area contributed by atoms with Crippen molar-refractivity contribution in [2.45, 2.75) is 13.5 Å². The Kier molecular flexibility index (Phi) is 4.25. The molecule has 1 N–H and O–H groups in total. The van der Waals surface area contributed by atoms with Crippen LogP contribution < -0.4 is 5.32 Å². The second kappa shape index (κ2) is 6.52. The van der Waals surface area contributed by atoms with Crippen molar-refractivity contribution in [2.75, 3.05) is 5.32 Å². The van der Waals surface area contributed by atoms with E-state index < -0.39 is 9.85 Å². The van der Waals surface area contributed by atoms with Crippen molar-refractivity contribution in [3.63, 3.8) is 0 Å². The maximum Gasteiger partial charge on any atom is 0.295 e. The summed E-state index contributed by atoms with van der Waals surface area (Å²) in [4.78, 5) is 25.7. The highest BCUT2D eigenvalue weighted by Crippen LogP contribution is 2.30. The van der Waals surface area contributed by atoms with E-state index in [0.29, 0.717) is 22.3 Å². The predicted octanol–water partition coefficient (Wildman–Crippen LogP) is 3.97. The number of anilines is 1. The summed E-state index contributed by atoms with van der Waals surface area (Å²) in [6.07, 6.45) is 0. The summed E-state index contributed by atoms with van der Waals surface area (Å²) in [7, 11) is 0. The van der Waals surface area contributed by atoms with Crippen molar-refractivity contribution in [2.24, 2.45) is 0 Å². The molecule has 1 aromatic heterocycles. The number of aromatic nitrogens is 1. The molecule has 0 saturated heterocycles. The molecule has 0 fully saturated rings. The lowest BCUT2D eigenvalue weighted by molar-refractivity contribution is -0.385. The monoisotopic (exact) mass is 338 g/mol. The Bertz CT molecular complexity index is 988. The van der Waals surface area contributed by atoms with Gasteiger partial charge in [-0.3, -0.25) is 20.2 Å². The van der Waals surface area contributed by atoms with Crippen molar-refractivity contribution in [3.05, 3.63) is 80.0 Å². The van der Waals surface area contributed by atoms with E-state index in [1.807, 2.05) is 0 Å². The van der Waals surface area contributed by atoms with Crippen LogP contribution in [0.2, 0.25) is 0 Å². The zero-order chi connectivity index (χ0) is 18.0. The molecule has 0 aliphatic heterocycles. The number of nitro groups is 2. The lowest BCUT2D eigenvalue weighted by Crippen LogP contribution is -2.04. The first-order valence-corrected chi connectivity index (χ1v) is 7.48. The van der Waals surface area contributed by atoms with Crippen LogP contribution in [0.5, 0.6) is 0 Å². The fourth-order valence-corrected chi connectivity index (χ4v) is 2.68. The van der Waals surface area contributed by atoms with Crippen molar-refractivity contribution in [1.82, 2.24) is 4.98 Å². The second-order valence-electron chi connectivity index (χ2n) is 5.48. The number of benzene rings is 2. The fraction of sp³-hybridized carbons (Fsp3) is 0.118. The van der Waals surface area contributed by atoms with Crippen molar-refractivity contribution < 1.29 is 9.85 Å². The normalized spacial score (nSPS) is 10.6. The van der Waals surface area contributed by atoms with Gasteiger partial charge in [-0.05, 0) is 13.0 Å². The minimum Gasteiger partial charge on any atom is -0.380 e. The summed E-state index contributed by atoms with van der Waals surface area (Å²) in [6.45, 7) is 1.96. The average Bonchev–Trinajstić information content (AvgIpc) is 2.59. The number of hydrogen-bond donors (Lipinski definition) is 1. The highest BCUT2D eigenvalue weighted by molar-refractivity contribution is 5.96. The van der Waals surface area contributed by atoms with E-state index in [9.17, 15) is 20.2 Å². The maximum atomic E-state index is 11.2. The molecule has 0 aliphatic carbocycles. The van der Waals surface area contributed by atoms with Crippen molar-refractivity contribution in [3.8, 4) is 0 Å². The number of para-hydroxylation sites is 2. The Hall–Kier alpha value is -3.55. The summed E-state index contributed by atoms with van der Waals surface area (Å²) in [5.41, 5.74) is 2.03. The summed E-state index contributed by atoms with van der Waals surface area (Å²) < 4.78 is 0. The molecule has 0 saturated carbocycles. The molecule has 2 aromatic carbocycles. The van der Waals surface area contributed by atoms with Crippen LogP contribution in [0.4, 0.5) is 17.1 Å². The van der Waals surface area contributed by atoms with E-state index in [1.54, 1.807) is 43.3 Å². The van der Waals surface area contributed by atoms with E-state index in [-0.39, 0.29) is 23.4 Å². The Morgan fingerprint density at radius 2 is 1.68 bits per heavy atom. The number of aryl methyl sites for hydroxylation is 1. The largest absolute Gasteiger partial charge is 0.380 e. The maximum absolute atomic E-state index is 11.2. The summed E-state index contributed by atoms with van der Waals surface area (Å²) in [6, 6.07) is 12.9. The van der Waals surface area contributed by atoms with E-state index >= 15 is 0 Å². The number of nitrogens with zero attached hydrogens (tertiary/aromatic N) is 3. The molecule has 8 heteroatoms. The van der Waals surface area contributed by atoms with Crippen molar-refractivity contribution in [1.29, 1.82) is 0 Å². The molecular weight excluding hydrogens is 324 g/mol. The Morgan fingerprint density at radius 3 is 2.40 bits per heavy atom. The average molecular weight is 338 g/mol.